The van der Waals surface area contributed by atoms with E-state index in [9.17, 15) is 4.21 Å². The van der Waals surface area contributed by atoms with Crippen molar-refractivity contribution in [3.8, 4) is 0 Å². The second-order valence-corrected chi connectivity index (χ2v) is 8.16. The second-order valence-electron chi connectivity index (χ2n) is 5.97. The molecule has 122 valence electrons. The van der Waals surface area contributed by atoms with Crippen molar-refractivity contribution in [3.05, 3.63) is 63.6 Å². The van der Waals surface area contributed by atoms with Crippen molar-refractivity contribution < 1.29 is 4.21 Å². The monoisotopic (exact) mass is 367 g/mol. The van der Waals surface area contributed by atoms with Crippen LogP contribution in [0.2, 0.25) is 10.0 Å². The Morgan fingerprint density at radius 3 is 2.39 bits per heavy atom. The highest BCUT2D eigenvalue weighted by Gasteiger charge is 2.32. The lowest BCUT2D eigenvalue weighted by atomic mass is 10.0. The van der Waals surface area contributed by atoms with Crippen molar-refractivity contribution in [2.75, 3.05) is 6.26 Å². The highest BCUT2D eigenvalue weighted by molar-refractivity contribution is 7.84. The molecule has 0 heterocycles. The van der Waals surface area contributed by atoms with Gasteiger partial charge in [-0.15, -0.1) is 0 Å². The van der Waals surface area contributed by atoms with Gasteiger partial charge < -0.3 is 5.32 Å². The van der Waals surface area contributed by atoms with E-state index < -0.39 is 10.8 Å². The van der Waals surface area contributed by atoms with Crippen molar-refractivity contribution in [1.29, 1.82) is 0 Å². The normalized spacial score (nSPS) is 17.0. The molecule has 0 bridgehead atoms. The molecule has 3 rings (SSSR count). The van der Waals surface area contributed by atoms with Crippen LogP contribution in [-0.2, 0) is 17.3 Å². The van der Waals surface area contributed by atoms with E-state index in [0.29, 0.717) is 22.0 Å². The van der Waals surface area contributed by atoms with Crippen LogP contribution in [-0.4, -0.2) is 10.5 Å². The van der Waals surface area contributed by atoms with Crippen molar-refractivity contribution in [2.45, 2.75) is 30.3 Å². The summed E-state index contributed by atoms with van der Waals surface area (Å²) in [6.45, 7) is 0.776. The van der Waals surface area contributed by atoms with Crippen molar-refractivity contribution in [2.24, 2.45) is 5.92 Å². The van der Waals surface area contributed by atoms with Gasteiger partial charge in [0.1, 0.15) is 0 Å². The zero-order valence-corrected chi connectivity index (χ0v) is 15.2. The van der Waals surface area contributed by atoms with Gasteiger partial charge in [0.25, 0.3) is 0 Å². The van der Waals surface area contributed by atoms with Crippen LogP contribution in [0.4, 0.5) is 0 Å². The molecular weight excluding hydrogens is 349 g/mol. The van der Waals surface area contributed by atoms with Crippen LogP contribution in [0.5, 0.6) is 0 Å². The molecule has 2 nitrogen and oxygen atoms in total. The van der Waals surface area contributed by atoms with E-state index in [1.54, 1.807) is 6.26 Å². The first kappa shape index (κ1) is 17.0. The third-order valence-corrected chi connectivity index (χ3v) is 5.85. The number of halogens is 2. The highest BCUT2D eigenvalue weighted by Crippen LogP contribution is 2.42. The van der Waals surface area contributed by atoms with Gasteiger partial charge in [-0.1, -0.05) is 41.4 Å². The van der Waals surface area contributed by atoms with Gasteiger partial charge in [0.05, 0.1) is 10.0 Å². The fourth-order valence-electron chi connectivity index (χ4n) is 2.72. The lowest BCUT2D eigenvalue weighted by Gasteiger charge is -2.19. The zero-order valence-electron chi connectivity index (χ0n) is 12.9. The fraction of sp³-hybridized carbons (Fsp3) is 0.333. The van der Waals surface area contributed by atoms with E-state index in [0.717, 1.165) is 11.4 Å². The molecule has 0 amide bonds. The average molecular weight is 368 g/mol. The number of hydrogen-bond donors (Lipinski definition) is 1. The standard InChI is InChI=1S/C18H19Cl2NOS/c1-23(22)15-7-2-12(3-8-15)11-21-18(13-4-5-13)14-6-9-16(19)17(20)10-14/h2-3,6-10,13,18,21H,4-5,11H2,1H3/t18-,23-/m1/s1. The van der Waals surface area contributed by atoms with E-state index in [4.69, 9.17) is 23.2 Å². The number of hydrogen-bond acceptors (Lipinski definition) is 2. The summed E-state index contributed by atoms with van der Waals surface area (Å²) in [5, 5.41) is 4.83. The molecule has 0 radical (unpaired) electrons. The van der Waals surface area contributed by atoms with E-state index in [-0.39, 0.29) is 0 Å². The van der Waals surface area contributed by atoms with Crippen LogP contribution in [0.3, 0.4) is 0 Å². The largest absolute Gasteiger partial charge is 0.306 e. The smallest absolute Gasteiger partial charge is 0.0595 e. The fourth-order valence-corrected chi connectivity index (χ4v) is 3.54. The Morgan fingerprint density at radius 2 is 1.83 bits per heavy atom. The summed E-state index contributed by atoms with van der Waals surface area (Å²) in [5.41, 5.74) is 2.37. The summed E-state index contributed by atoms with van der Waals surface area (Å²) in [6, 6.07) is 14.1. The summed E-state index contributed by atoms with van der Waals surface area (Å²) < 4.78 is 11.4. The van der Waals surface area contributed by atoms with Gasteiger partial charge in [0.2, 0.25) is 0 Å². The Bertz CT molecular complexity index is 713. The van der Waals surface area contributed by atoms with Crippen molar-refractivity contribution in [3.63, 3.8) is 0 Å². The maximum Gasteiger partial charge on any atom is 0.0595 e. The summed E-state index contributed by atoms with van der Waals surface area (Å²) in [6.07, 6.45) is 4.18. The molecule has 2 atom stereocenters. The third kappa shape index (κ3) is 4.36. The van der Waals surface area contributed by atoms with Gasteiger partial charge in [-0.25, -0.2) is 0 Å². The molecule has 23 heavy (non-hydrogen) atoms. The number of nitrogens with one attached hydrogen (secondary N) is 1. The molecule has 0 spiro atoms. The first-order valence-corrected chi connectivity index (χ1v) is 9.96. The van der Waals surface area contributed by atoms with Crippen molar-refractivity contribution >= 4 is 34.0 Å². The van der Waals surface area contributed by atoms with Crippen LogP contribution in [0, 0.1) is 5.92 Å². The summed E-state index contributed by atoms with van der Waals surface area (Å²) in [7, 11) is -0.929. The van der Waals surface area contributed by atoms with E-state index in [1.165, 1.54) is 24.0 Å². The molecule has 0 unspecified atom stereocenters. The molecule has 1 aliphatic carbocycles. The molecule has 1 N–H and O–H groups in total. The molecule has 0 aliphatic heterocycles. The first-order chi connectivity index (χ1) is 11.0. The van der Waals surface area contributed by atoms with Gasteiger partial charge in [0, 0.05) is 34.5 Å². The lowest BCUT2D eigenvalue weighted by molar-refractivity contribution is 0.480. The zero-order chi connectivity index (χ0) is 16.4. The van der Waals surface area contributed by atoms with Crippen LogP contribution < -0.4 is 5.32 Å². The quantitative estimate of drug-likeness (QED) is 0.780. The number of benzene rings is 2. The molecule has 1 saturated carbocycles. The van der Waals surface area contributed by atoms with Crippen LogP contribution in [0.1, 0.15) is 30.0 Å². The van der Waals surface area contributed by atoms with Gasteiger partial charge in [-0.3, -0.25) is 4.21 Å². The topological polar surface area (TPSA) is 29.1 Å². The Labute approximate surface area is 149 Å². The third-order valence-electron chi connectivity index (χ3n) is 4.18. The van der Waals surface area contributed by atoms with Crippen molar-refractivity contribution in [1.82, 2.24) is 5.32 Å². The predicted octanol–water partition coefficient (Wildman–Crippen LogP) is 4.97. The number of rotatable bonds is 6. The molecule has 5 heteroatoms. The molecule has 0 saturated heterocycles. The van der Waals surface area contributed by atoms with Gasteiger partial charge >= 0.3 is 0 Å². The summed E-state index contributed by atoms with van der Waals surface area (Å²) >= 11 is 12.2. The Balaban J connectivity index is 1.70. The molecule has 0 aromatic heterocycles. The summed E-state index contributed by atoms with van der Waals surface area (Å²) in [5.74, 6) is 0.662. The van der Waals surface area contributed by atoms with Crippen LogP contribution in [0.15, 0.2) is 47.4 Å². The molecule has 1 fully saturated rings. The van der Waals surface area contributed by atoms with Gasteiger partial charge in [-0.05, 0) is 54.2 Å². The second kappa shape index (κ2) is 7.35. The Hall–Kier alpha value is -0.870. The maximum atomic E-state index is 11.4. The van der Waals surface area contributed by atoms with E-state index in [1.807, 2.05) is 42.5 Å². The van der Waals surface area contributed by atoms with E-state index in [2.05, 4.69) is 5.32 Å². The highest BCUT2D eigenvalue weighted by atomic mass is 35.5. The minimum atomic E-state index is -0.929. The Kier molecular flexibility index (Phi) is 5.42. The average Bonchev–Trinajstić information content (AvgIpc) is 3.36. The molecule has 1 aliphatic rings. The minimum absolute atomic E-state index is 0.296. The Morgan fingerprint density at radius 1 is 1.13 bits per heavy atom. The van der Waals surface area contributed by atoms with Gasteiger partial charge in [0.15, 0.2) is 0 Å². The van der Waals surface area contributed by atoms with Crippen LogP contribution >= 0.6 is 23.2 Å². The minimum Gasteiger partial charge on any atom is -0.306 e. The lowest BCUT2D eigenvalue weighted by Crippen LogP contribution is -2.22. The molecular formula is C18H19Cl2NOS. The van der Waals surface area contributed by atoms with Gasteiger partial charge in [-0.2, -0.15) is 0 Å². The SMILES string of the molecule is C[S@@](=O)c1ccc(CN[C@@H](c2ccc(Cl)c(Cl)c2)C2CC2)cc1. The molecule has 2 aromatic rings. The molecule has 2 aromatic carbocycles. The maximum absolute atomic E-state index is 11.4. The predicted molar refractivity (Wildman–Crippen MR) is 97.5 cm³/mol. The summed E-state index contributed by atoms with van der Waals surface area (Å²) in [4.78, 5) is 0.858. The van der Waals surface area contributed by atoms with Crippen LogP contribution in [0.25, 0.3) is 0 Å². The van der Waals surface area contributed by atoms with E-state index >= 15 is 0 Å². The first-order valence-electron chi connectivity index (χ1n) is 7.65.